The van der Waals surface area contributed by atoms with E-state index in [1.54, 1.807) is 10.9 Å². The predicted molar refractivity (Wildman–Crippen MR) is 111 cm³/mol. The molecule has 1 fully saturated rings. The number of nitriles is 1. The summed E-state index contributed by atoms with van der Waals surface area (Å²) in [4.78, 5) is 9.06. The summed E-state index contributed by atoms with van der Waals surface area (Å²) in [6, 6.07) is 4.07. The number of aromatic nitrogens is 6. The van der Waals surface area contributed by atoms with E-state index in [1.807, 2.05) is 17.6 Å². The third-order valence-corrected chi connectivity index (χ3v) is 6.10. The van der Waals surface area contributed by atoms with Crippen LogP contribution in [0.5, 0.6) is 0 Å². The van der Waals surface area contributed by atoms with Gasteiger partial charge in [0.25, 0.3) is 0 Å². The minimum Gasteiger partial charge on any atom is -0.321 e. The third-order valence-electron chi connectivity index (χ3n) is 5.19. The molecule has 1 aliphatic rings. The fourth-order valence-corrected chi connectivity index (χ4v) is 4.42. The number of nitrogens with zero attached hydrogens (tertiary/aromatic N) is 7. The first kappa shape index (κ1) is 20.4. The van der Waals surface area contributed by atoms with Crippen LogP contribution in [0.25, 0.3) is 21.5 Å². The second-order valence-corrected chi connectivity index (χ2v) is 8.45. The van der Waals surface area contributed by atoms with Gasteiger partial charge in [-0.05, 0) is 11.4 Å². The topological polar surface area (TPSA) is 109 Å². The van der Waals surface area contributed by atoms with E-state index < -0.39 is 12.7 Å². The molecule has 0 amide bonds. The fraction of sp³-hybridized carbons (Fsp3) is 0.316. The molecule has 2 N–H and O–H groups in total. The van der Waals surface area contributed by atoms with Crippen molar-refractivity contribution in [3.63, 3.8) is 0 Å². The van der Waals surface area contributed by atoms with Gasteiger partial charge in [0.2, 0.25) is 5.95 Å². The Kier molecular flexibility index (Phi) is 4.83. The number of hydrogen-bond acceptors (Lipinski definition) is 8. The van der Waals surface area contributed by atoms with E-state index in [-0.39, 0.29) is 11.5 Å². The lowest BCUT2D eigenvalue weighted by Gasteiger charge is -2.41. The maximum Gasteiger partial charge on any atom is 0.408 e. The quantitative estimate of drug-likeness (QED) is 0.455. The van der Waals surface area contributed by atoms with Crippen LogP contribution in [0.1, 0.15) is 6.42 Å². The molecule has 5 rings (SSSR count). The Hall–Kier alpha value is -3.50. The minimum atomic E-state index is -4.36. The zero-order valence-electron chi connectivity index (χ0n) is 16.5. The van der Waals surface area contributed by atoms with Gasteiger partial charge in [0, 0.05) is 31.0 Å². The van der Waals surface area contributed by atoms with Crippen molar-refractivity contribution >= 4 is 33.2 Å². The van der Waals surface area contributed by atoms with Gasteiger partial charge in [-0.25, -0.2) is 9.97 Å². The number of thiophene rings is 1. The highest BCUT2D eigenvalue weighted by molar-refractivity contribution is 7.17. The van der Waals surface area contributed by atoms with Gasteiger partial charge in [-0.15, -0.1) is 11.3 Å². The van der Waals surface area contributed by atoms with Crippen LogP contribution in [0.4, 0.5) is 24.8 Å². The lowest BCUT2D eigenvalue weighted by molar-refractivity contribution is -0.142. The average Bonchev–Trinajstić information content (AvgIpc) is 3.44. The summed E-state index contributed by atoms with van der Waals surface area (Å²) in [6.07, 6.45) is 2.09. The first-order valence-electron chi connectivity index (χ1n) is 9.60. The van der Waals surface area contributed by atoms with Crippen LogP contribution in [-0.4, -0.2) is 48.8 Å². The fourth-order valence-electron chi connectivity index (χ4n) is 3.58. The van der Waals surface area contributed by atoms with Crippen molar-refractivity contribution in [2.24, 2.45) is 0 Å². The largest absolute Gasteiger partial charge is 0.408 e. The van der Waals surface area contributed by atoms with Crippen molar-refractivity contribution in [3.8, 4) is 17.3 Å². The summed E-state index contributed by atoms with van der Waals surface area (Å²) < 4.78 is 41.2. The molecule has 1 aliphatic heterocycles. The van der Waals surface area contributed by atoms with E-state index in [1.165, 1.54) is 23.7 Å². The van der Waals surface area contributed by atoms with Crippen LogP contribution in [0.2, 0.25) is 0 Å². The van der Waals surface area contributed by atoms with Crippen molar-refractivity contribution in [1.29, 1.82) is 5.26 Å². The molecule has 9 nitrogen and oxygen atoms in total. The number of rotatable bonds is 6. The number of nitrogens with one attached hydrogen (secondary N) is 2. The van der Waals surface area contributed by atoms with Crippen molar-refractivity contribution < 1.29 is 13.2 Å². The summed E-state index contributed by atoms with van der Waals surface area (Å²) in [5.74, 6) is 0.238. The van der Waals surface area contributed by atoms with E-state index in [2.05, 4.69) is 36.9 Å². The molecule has 0 saturated carbocycles. The summed E-state index contributed by atoms with van der Waals surface area (Å²) in [7, 11) is 0. The summed E-state index contributed by atoms with van der Waals surface area (Å²) in [6.45, 7) is 0.145. The second kappa shape index (κ2) is 7.57. The molecule has 0 atom stereocenters. The molecule has 0 bridgehead atoms. The van der Waals surface area contributed by atoms with Gasteiger partial charge >= 0.3 is 6.18 Å². The number of fused-ring (bicyclic) bond motifs is 1. The highest BCUT2D eigenvalue weighted by atomic mass is 32.1. The summed E-state index contributed by atoms with van der Waals surface area (Å²) >= 11 is 1.49. The highest BCUT2D eigenvalue weighted by Crippen LogP contribution is 2.33. The van der Waals surface area contributed by atoms with Gasteiger partial charge in [-0.1, -0.05) is 0 Å². The lowest BCUT2D eigenvalue weighted by atomic mass is 9.89. The van der Waals surface area contributed by atoms with Crippen LogP contribution >= 0.6 is 11.3 Å². The Balaban J connectivity index is 1.46. The van der Waals surface area contributed by atoms with Crippen LogP contribution in [0, 0.1) is 11.3 Å². The first-order valence-corrected chi connectivity index (χ1v) is 10.5. The molecule has 0 aliphatic carbocycles. The predicted octanol–water partition coefficient (Wildman–Crippen LogP) is 3.27. The Bertz CT molecular complexity index is 1310. The van der Waals surface area contributed by atoms with E-state index >= 15 is 0 Å². The standard InChI is InChI=1S/C19H16F3N9S/c20-19(21,22)11-30-8-13(6-25-30)27-17-28-14-1-4-32-16(14)15(29-17)12-5-26-31(7-12)18(2-3-23)9-24-10-18/h1,4-8,24H,2,9-11H2,(H,27,28,29). The number of anilines is 2. The van der Waals surface area contributed by atoms with Crippen LogP contribution in [0.15, 0.2) is 36.2 Å². The zero-order valence-corrected chi connectivity index (χ0v) is 17.3. The molecule has 4 aromatic heterocycles. The second-order valence-electron chi connectivity index (χ2n) is 7.53. The lowest BCUT2D eigenvalue weighted by Crippen LogP contribution is -2.60. The molecule has 5 heterocycles. The molecule has 0 radical (unpaired) electrons. The maximum absolute atomic E-state index is 12.6. The highest BCUT2D eigenvalue weighted by Gasteiger charge is 2.39. The Morgan fingerprint density at radius 2 is 2.06 bits per heavy atom. The molecule has 4 aromatic rings. The molecular weight excluding hydrogens is 443 g/mol. The van der Waals surface area contributed by atoms with Crippen molar-refractivity contribution in [2.75, 3.05) is 18.4 Å². The Labute approximate surface area is 183 Å². The van der Waals surface area contributed by atoms with E-state index in [4.69, 9.17) is 0 Å². The summed E-state index contributed by atoms with van der Waals surface area (Å²) in [5, 5.41) is 25.4. The first-order chi connectivity index (χ1) is 15.4. The number of halogens is 3. The van der Waals surface area contributed by atoms with Crippen LogP contribution in [0.3, 0.4) is 0 Å². The molecular formula is C19H16F3N9S. The van der Waals surface area contributed by atoms with Crippen LogP contribution < -0.4 is 10.6 Å². The molecule has 0 spiro atoms. The maximum atomic E-state index is 12.6. The molecule has 0 unspecified atom stereocenters. The minimum absolute atomic E-state index is 0.238. The third kappa shape index (κ3) is 3.78. The SMILES string of the molecule is N#CCC1(n2cc(-c3nc(Nc4cnn(CC(F)(F)F)c4)nc4ccsc34)cn2)CNC1. The van der Waals surface area contributed by atoms with E-state index in [0.717, 1.165) is 14.9 Å². The van der Waals surface area contributed by atoms with Gasteiger partial charge in [0.05, 0.1) is 46.5 Å². The molecule has 164 valence electrons. The molecule has 0 aromatic carbocycles. The Morgan fingerprint density at radius 3 is 2.78 bits per heavy atom. The normalized spacial score (nSPS) is 15.4. The average molecular weight is 459 g/mol. The number of alkyl halides is 3. The van der Waals surface area contributed by atoms with Gasteiger partial charge in [-0.2, -0.15) is 28.6 Å². The molecule has 13 heteroatoms. The molecule has 32 heavy (non-hydrogen) atoms. The number of hydrogen-bond donors (Lipinski definition) is 2. The molecule has 1 saturated heterocycles. The monoisotopic (exact) mass is 459 g/mol. The van der Waals surface area contributed by atoms with Crippen LogP contribution in [-0.2, 0) is 12.1 Å². The van der Waals surface area contributed by atoms with E-state index in [0.29, 0.717) is 36.4 Å². The van der Waals surface area contributed by atoms with E-state index in [9.17, 15) is 18.4 Å². The van der Waals surface area contributed by atoms with Gasteiger partial charge in [-0.3, -0.25) is 9.36 Å². The van der Waals surface area contributed by atoms with Crippen molar-refractivity contribution in [3.05, 3.63) is 36.2 Å². The Morgan fingerprint density at radius 1 is 1.22 bits per heavy atom. The smallest absolute Gasteiger partial charge is 0.321 e. The summed E-state index contributed by atoms with van der Waals surface area (Å²) in [5.41, 5.74) is 2.10. The van der Waals surface area contributed by atoms with Crippen molar-refractivity contribution in [2.45, 2.75) is 24.7 Å². The zero-order chi connectivity index (χ0) is 22.3. The van der Waals surface area contributed by atoms with Gasteiger partial charge in [0.1, 0.15) is 12.1 Å². The van der Waals surface area contributed by atoms with Crippen molar-refractivity contribution in [1.82, 2.24) is 34.8 Å². The van der Waals surface area contributed by atoms with Gasteiger partial charge < -0.3 is 10.6 Å². The van der Waals surface area contributed by atoms with Gasteiger partial charge in [0.15, 0.2) is 0 Å².